The molecule has 130 valence electrons. The summed E-state index contributed by atoms with van der Waals surface area (Å²) in [7, 11) is -1.65. The van der Waals surface area contributed by atoms with E-state index in [1.54, 1.807) is 16.4 Å². The lowest BCUT2D eigenvalue weighted by atomic mass is 10.1. The minimum absolute atomic E-state index is 0. The number of sulfonamides is 1. The number of rotatable bonds is 4. The lowest BCUT2D eigenvalue weighted by Crippen LogP contribution is -2.31. The van der Waals surface area contributed by atoms with E-state index in [-0.39, 0.29) is 17.3 Å². The zero-order valence-corrected chi connectivity index (χ0v) is 16.0. The molecule has 1 saturated heterocycles. The minimum atomic E-state index is -3.53. The molecule has 1 aromatic rings. The summed E-state index contributed by atoms with van der Waals surface area (Å²) in [5, 5.41) is 3.11. The number of ether oxygens (including phenoxy) is 2. The monoisotopic (exact) mass is 426 g/mol. The van der Waals surface area contributed by atoms with Crippen LogP contribution < -0.4 is 14.8 Å². The molecule has 3 rings (SSSR count). The van der Waals surface area contributed by atoms with Crippen LogP contribution in [0, 0.1) is 5.92 Å². The van der Waals surface area contributed by atoms with E-state index in [9.17, 15) is 8.42 Å². The molecule has 1 unspecified atom stereocenters. The van der Waals surface area contributed by atoms with Gasteiger partial charge in [0.05, 0.1) is 0 Å². The molecule has 1 N–H and O–H groups in total. The van der Waals surface area contributed by atoms with Crippen LogP contribution in [0.5, 0.6) is 11.5 Å². The van der Waals surface area contributed by atoms with Crippen molar-refractivity contribution in [1.82, 2.24) is 9.62 Å². The number of hydrogen-bond acceptors (Lipinski definition) is 5. The Kier molecular flexibility index (Phi) is 6.18. The largest absolute Gasteiger partial charge is 0.486 e. The van der Waals surface area contributed by atoms with Crippen molar-refractivity contribution in [1.29, 1.82) is 0 Å². The van der Waals surface area contributed by atoms with Crippen LogP contribution in [0.1, 0.15) is 6.42 Å². The summed E-state index contributed by atoms with van der Waals surface area (Å²) in [6.45, 7) is 2.83. The Morgan fingerprint density at radius 2 is 1.96 bits per heavy atom. The molecule has 1 atom stereocenters. The lowest BCUT2D eigenvalue weighted by Gasteiger charge is -2.22. The fourth-order valence-electron chi connectivity index (χ4n) is 2.85. The molecule has 6 nitrogen and oxygen atoms in total. The van der Waals surface area contributed by atoms with E-state index < -0.39 is 10.0 Å². The molecule has 0 saturated carbocycles. The van der Waals surface area contributed by atoms with E-state index in [1.807, 2.05) is 7.05 Å². The molecule has 0 radical (unpaired) electrons. The molecule has 2 heterocycles. The van der Waals surface area contributed by atoms with Crippen LogP contribution in [0.25, 0.3) is 0 Å². The van der Waals surface area contributed by atoms with Gasteiger partial charge in [-0.15, -0.1) is 12.4 Å². The van der Waals surface area contributed by atoms with E-state index >= 15 is 0 Å². The summed E-state index contributed by atoms with van der Waals surface area (Å²) in [6, 6.07) is 3.22. The molecule has 1 aromatic carbocycles. The van der Waals surface area contributed by atoms with Gasteiger partial charge in [0.1, 0.15) is 18.1 Å². The van der Waals surface area contributed by atoms with Gasteiger partial charge in [0.25, 0.3) is 0 Å². The molecule has 0 spiro atoms. The standard InChI is InChI=1S/C14H19BrN2O4S.ClH/c1-16-8-10-2-3-17(9-10)22(18,19)14-7-13-12(6-11(14)15)20-4-5-21-13;/h6-7,10,16H,2-5,8-9H2,1H3;1H. The minimum Gasteiger partial charge on any atom is -0.486 e. The number of hydrogen-bond donors (Lipinski definition) is 1. The molecule has 2 aliphatic rings. The van der Waals surface area contributed by atoms with E-state index in [2.05, 4.69) is 21.2 Å². The van der Waals surface area contributed by atoms with Crippen molar-refractivity contribution in [3.63, 3.8) is 0 Å². The highest BCUT2D eigenvalue weighted by Crippen LogP contribution is 2.39. The first-order valence-corrected chi connectivity index (χ1v) is 9.49. The third-order valence-electron chi connectivity index (χ3n) is 3.96. The van der Waals surface area contributed by atoms with Gasteiger partial charge in [0.15, 0.2) is 11.5 Å². The molecular formula is C14H20BrClN2O4S. The number of nitrogens with zero attached hydrogens (tertiary/aromatic N) is 1. The smallest absolute Gasteiger partial charge is 0.244 e. The second-order valence-electron chi connectivity index (χ2n) is 5.50. The molecular weight excluding hydrogens is 408 g/mol. The predicted molar refractivity (Wildman–Crippen MR) is 93.2 cm³/mol. The third-order valence-corrected chi connectivity index (χ3v) is 6.78. The van der Waals surface area contributed by atoms with Crippen molar-refractivity contribution in [3.05, 3.63) is 16.6 Å². The molecule has 0 bridgehead atoms. The summed E-state index contributed by atoms with van der Waals surface area (Å²) < 4.78 is 38.8. The van der Waals surface area contributed by atoms with Crippen LogP contribution in [0.15, 0.2) is 21.5 Å². The van der Waals surface area contributed by atoms with Gasteiger partial charge >= 0.3 is 0 Å². The summed E-state index contributed by atoms with van der Waals surface area (Å²) in [4.78, 5) is 0.238. The average molecular weight is 428 g/mol. The number of nitrogens with one attached hydrogen (secondary N) is 1. The van der Waals surface area contributed by atoms with Crippen molar-refractivity contribution in [3.8, 4) is 11.5 Å². The van der Waals surface area contributed by atoms with E-state index in [0.29, 0.717) is 48.2 Å². The van der Waals surface area contributed by atoms with Gasteiger partial charge in [-0.2, -0.15) is 4.31 Å². The molecule has 0 aromatic heterocycles. The SMILES string of the molecule is CNCC1CCN(S(=O)(=O)c2cc3c(cc2Br)OCCO3)C1.Cl. The maximum Gasteiger partial charge on any atom is 0.244 e. The number of fused-ring (bicyclic) bond motifs is 1. The highest BCUT2D eigenvalue weighted by Gasteiger charge is 2.34. The topological polar surface area (TPSA) is 67.9 Å². The zero-order valence-electron chi connectivity index (χ0n) is 12.7. The number of halogens is 2. The molecule has 1 fully saturated rings. The highest BCUT2D eigenvalue weighted by atomic mass is 79.9. The first kappa shape index (κ1) is 18.8. The first-order valence-electron chi connectivity index (χ1n) is 7.26. The normalized spacial score (nSPS) is 21.0. The Morgan fingerprint density at radius 3 is 2.61 bits per heavy atom. The Morgan fingerprint density at radius 1 is 1.30 bits per heavy atom. The Hall–Kier alpha value is -0.540. The molecule has 23 heavy (non-hydrogen) atoms. The highest BCUT2D eigenvalue weighted by molar-refractivity contribution is 9.10. The maximum atomic E-state index is 12.9. The van der Waals surface area contributed by atoms with Gasteiger partial charge in [0.2, 0.25) is 10.0 Å². The van der Waals surface area contributed by atoms with E-state index in [4.69, 9.17) is 9.47 Å². The maximum absolute atomic E-state index is 12.9. The van der Waals surface area contributed by atoms with Gasteiger partial charge in [0, 0.05) is 23.6 Å². The average Bonchev–Trinajstić information content (AvgIpc) is 2.96. The Balaban J connectivity index is 0.00000192. The van der Waals surface area contributed by atoms with Crippen LogP contribution >= 0.6 is 28.3 Å². The summed E-state index contributed by atoms with van der Waals surface area (Å²) in [6.07, 6.45) is 0.877. The summed E-state index contributed by atoms with van der Waals surface area (Å²) in [5.74, 6) is 1.42. The van der Waals surface area contributed by atoms with Gasteiger partial charge < -0.3 is 14.8 Å². The van der Waals surface area contributed by atoms with Gasteiger partial charge in [-0.1, -0.05) is 0 Å². The first-order chi connectivity index (χ1) is 10.5. The van der Waals surface area contributed by atoms with Gasteiger partial charge in [-0.25, -0.2) is 8.42 Å². The van der Waals surface area contributed by atoms with Crippen molar-refractivity contribution in [2.24, 2.45) is 5.92 Å². The zero-order chi connectivity index (χ0) is 15.7. The van der Waals surface area contributed by atoms with Crippen LogP contribution in [-0.4, -0.2) is 52.6 Å². The second-order valence-corrected chi connectivity index (χ2v) is 8.26. The van der Waals surface area contributed by atoms with Gasteiger partial charge in [-0.05, 0) is 47.9 Å². The second kappa shape index (κ2) is 7.57. The predicted octanol–water partition coefficient (Wildman–Crippen LogP) is 1.87. The lowest BCUT2D eigenvalue weighted by molar-refractivity contribution is 0.171. The van der Waals surface area contributed by atoms with E-state index in [1.165, 1.54) is 0 Å². The van der Waals surface area contributed by atoms with Crippen molar-refractivity contribution < 1.29 is 17.9 Å². The van der Waals surface area contributed by atoms with E-state index in [0.717, 1.165) is 13.0 Å². The van der Waals surface area contributed by atoms with Crippen LogP contribution in [0.2, 0.25) is 0 Å². The van der Waals surface area contributed by atoms with Crippen molar-refractivity contribution in [2.45, 2.75) is 11.3 Å². The van der Waals surface area contributed by atoms with Crippen LogP contribution in [0.4, 0.5) is 0 Å². The fourth-order valence-corrected chi connectivity index (χ4v) is 5.38. The number of benzene rings is 1. The molecule has 2 aliphatic heterocycles. The fraction of sp³-hybridized carbons (Fsp3) is 0.571. The summed E-state index contributed by atoms with van der Waals surface area (Å²) in [5.41, 5.74) is 0. The summed E-state index contributed by atoms with van der Waals surface area (Å²) >= 11 is 3.35. The third kappa shape index (κ3) is 3.76. The quantitative estimate of drug-likeness (QED) is 0.794. The Labute approximate surface area is 151 Å². The van der Waals surface area contributed by atoms with Crippen LogP contribution in [0.3, 0.4) is 0 Å². The van der Waals surface area contributed by atoms with Crippen molar-refractivity contribution >= 4 is 38.4 Å². The van der Waals surface area contributed by atoms with Crippen LogP contribution in [-0.2, 0) is 10.0 Å². The molecule has 0 amide bonds. The molecule has 9 heteroatoms. The van der Waals surface area contributed by atoms with Gasteiger partial charge in [-0.3, -0.25) is 0 Å². The Bertz CT molecular complexity index is 671. The molecule has 0 aliphatic carbocycles. The van der Waals surface area contributed by atoms with Crippen molar-refractivity contribution in [2.75, 3.05) is 39.9 Å².